The Labute approximate surface area is 161 Å². The second kappa shape index (κ2) is 8.35. The summed E-state index contributed by atoms with van der Waals surface area (Å²) in [5.41, 5.74) is 0.729. The molecule has 1 atom stereocenters. The van der Waals surface area contributed by atoms with Gasteiger partial charge < -0.3 is 19.9 Å². The fraction of sp³-hybridized carbons (Fsp3) is 0.650. The van der Waals surface area contributed by atoms with Crippen molar-refractivity contribution >= 4 is 6.09 Å². The molecule has 1 aromatic carbocycles. The van der Waals surface area contributed by atoms with Gasteiger partial charge in [-0.3, -0.25) is 0 Å². The third-order valence-corrected chi connectivity index (χ3v) is 5.01. The van der Waals surface area contributed by atoms with E-state index in [9.17, 15) is 9.90 Å². The van der Waals surface area contributed by atoms with E-state index in [2.05, 4.69) is 11.4 Å². The van der Waals surface area contributed by atoms with Gasteiger partial charge in [-0.15, -0.1) is 0 Å². The van der Waals surface area contributed by atoms with Gasteiger partial charge in [0, 0.05) is 25.7 Å². The molecule has 0 saturated carbocycles. The van der Waals surface area contributed by atoms with Crippen molar-refractivity contribution in [1.82, 2.24) is 15.3 Å². The van der Waals surface area contributed by atoms with E-state index >= 15 is 0 Å². The smallest absolute Gasteiger partial charge is 0.422 e. The normalized spacial score (nSPS) is 20.8. The van der Waals surface area contributed by atoms with E-state index in [0.717, 1.165) is 50.4 Å². The van der Waals surface area contributed by atoms with Crippen LogP contribution in [0.5, 0.6) is 11.5 Å². The van der Waals surface area contributed by atoms with E-state index in [-0.39, 0.29) is 0 Å². The summed E-state index contributed by atoms with van der Waals surface area (Å²) in [5, 5.41) is 16.7. The number of hydrazine groups is 1. The third kappa shape index (κ3) is 5.05. The predicted molar refractivity (Wildman–Crippen MR) is 103 cm³/mol. The van der Waals surface area contributed by atoms with Crippen molar-refractivity contribution in [2.24, 2.45) is 0 Å². The SMILES string of the molecule is CC(C)(C)N(C(=O)O)N1CCCC(NCc2ccc3c(c2)OCCO3)CC1. The van der Waals surface area contributed by atoms with Gasteiger partial charge in [0.1, 0.15) is 13.2 Å². The molecule has 2 N–H and O–H groups in total. The summed E-state index contributed by atoms with van der Waals surface area (Å²) in [6, 6.07) is 6.44. The van der Waals surface area contributed by atoms with Crippen molar-refractivity contribution in [3.8, 4) is 11.5 Å². The first-order valence-corrected chi connectivity index (χ1v) is 9.74. The number of ether oxygens (including phenoxy) is 2. The van der Waals surface area contributed by atoms with Crippen LogP contribution in [0.2, 0.25) is 0 Å². The molecular weight excluding hydrogens is 346 g/mol. The average Bonchev–Trinajstić information content (AvgIpc) is 2.84. The lowest BCUT2D eigenvalue weighted by Crippen LogP contribution is -2.56. The number of benzene rings is 1. The molecule has 0 bridgehead atoms. The summed E-state index contributed by atoms with van der Waals surface area (Å²) in [5.74, 6) is 1.63. The zero-order valence-corrected chi connectivity index (χ0v) is 16.5. The van der Waals surface area contributed by atoms with Crippen LogP contribution >= 0.6 is 0 Å². The van der Waals surface area contributed by atoms with Gasteiger partial charge in [-0.25, -0.2) is 14.8 Å². The van der Waals surface area contributed by atoms with Gasteiger partial charge in [0.2, 0.25) is 0 Å². The van der Waals surface area contributed by atoms with E-state index in [1.807, 2.05) is 37.9 Å². The van der Waals surface area contributed by atoms with Crippen LogP contribution in [-0.2, 0) is 6.54 Å². The lowest BCUT2D eigenvalue weighted by molar-refractivity contribution is -0.0642. The molecule has 0 aliphatic carbocycles. The van der Waals surface area contributed by atoms with Crippen molar-refractivity contribution in [2.45, 2.75) is 58.2 Å². The maximum atomic E-state index is 11.7. The van der Waals surface area contributed by atoms with Crippen LogP contribution in [0.1, 0.15) is 45.6 Å². The predicted octanol–water partition coefficient (Wildman–Crippen LogP) is 3.10. The van der Waals surface area contributed by atoms with Gasteiger partial charge >= 0.3 is 6.09 Å². The van der Waals surface area contributed by atoms with Crippen molar-refractivity contribution in [3.05, 3.63) is 23.8 Å². The molecule has 1 aromatic rings. The molecule has 1 unspecified atom stereocenters. The highest BCUT2D eigenvalue weighted by atomic mass is 16.6. The lowest BCUT2D eigenvalue weighted by atomic mass is 10.1. The number of rotatable bonds is 4. The second-order valence-corrected chi connectivity index (χ2v) is 8.21. The highest BCUT2D eigenvalue weighted by molar-refractivity contribution is 5.65. The van der Waals surface area contributed by atoms with Crippen molar-refractivity contribution in [3.63, 3.8) is 0 Å². The monoisotopic (exact) mass is 377 g/mol. The van der Waals surface area contributed by atoms with Crippen molar-refractivity contribution in [2.75, 3.05) is 26.3 Å². The highest BCUT2D eigenvalue weighted by Crippen LogP contribution is 2.30. The number of carbonyl (C=O) groups is 1. The zero-order valence-electron chi connectivity index (χ0n) is 16.5. The molecule has 7 heteroatoms. The minimum absolute atomic E-state index is 0.374. The largest absolute Gasteiger partial charge is 0.486 e. The molecule has 1 fully saturated rings. The Kier molecular flexibility index (Phi) is 6.11. The van der Waals surface area contributed by atoms with Gasteiger partial charge in [-0.05, 0) is 57.7 Å². The van der Waals surface area contributed by atoms with Crippen LogP contribution in [-0.4, -0.2) is 59.1 Å². The molecular formula is C20H31N3O4. The summed E-state index contributed by atoms with van der Waals surface area (Å²) >= 11 is 0. The first-order valence-electron chi connectivity index (χ1n) is 9.74. The average molecular weight is 377 g/mol. The Morgan fingerprint density at radius 1 is 1.22 bits per heavy atom. The number of amides is 1. The van der Waals surface area contributed by atoms with Gasteiger partial charge in [-0.2, -0.15) is 0 Å². The molecule has 1 saturated heterocycles. The Morgan fingerprint density at radius 2 is 1.96 bits per heavy atom. The maximum Gasteiger partial charge on any atom is 0.422 e. The number of nitrogens with zero attached hydrogens (tertiary/aromatic N) is 2. The van der Waals surface area contributed by atoms with Gasteiger partial charge in [0.05, 0.1) is 5.54 Å². The quantitative estimate of drug-likeness (QED) is 0.840. The molecule has 150 valence electrons. The van der Waals surface area contributed by atoms with E-state index in [1.54, 1.807) is 0 Å². The molecule has 1 amide bonds. The minimum atomic E-state index is -0.884. The van der Waals surface area contributed by atoms with Crippen LogP contribution in [0.25, 0.3) is 0 Å². The van der Waals surface area contributed by atoms with Crippen molar-refractivity contribution in [1.29, 1.82) is 0 Å². The van der Waals surface area contributed by atoms with Gasteiger partial charge in [0.15, 0.2) is 11.5 Å². The van der Waals surface area contributed by atoms with Crippen LogP contribution in [0, 0.1) is 0 Å². The Hall–Kier alpha value is -1.99. The summed E-state index contributed by atoms with van der Waals surface area (Å²) < 4.78 is 11.2. The summed E-state index contributed by atoms with van der Waals surface area (Å²) in [6.45, 7) is 9.27. The maximum absolute atomic E-state index is 11.7. The Bertz CT molecular complexity index is 659. The summed E-state index contributed by atoms with van der Waals surface area (Å²) in [6.07, 6.45) is 2.05. The fourth-order valence-corrected chi connectivity index (χ4v) is 3.78. The van der Waals surface area contributed by atoms with E-state index in [1.165, 1.54) is 10.6 Å². The molecule has 2 aliphatic rings. The number of carboxylic acid groups (broad SMARTS) is 1. The fourth-order valence-electron chi connectivity index (χ4n) is 3.78. The Balaban J connectivity index is 1.55. The number of hydrogen-bond donors (Lipinski definition) is 2. The van der Waals surface area contributed by atoms with Crippen LogP contribution in [0.4, 0.5) is 4.79 Å². The number of fused-ring (bicyclic) bond motifs is 1. The van der Waals surface area contributed by atoms with Gasteiger partial charge in [0.25, 0.3) is 0 Å². The Morgan fingerprint density at radius 3 is 2.67 bits per heavy atom. The molecule has 0 aromatic heterocycles. The zero-order chi connectivity index (χ0) is 19.4. The lowest BCUT2D eigenvalue weighted by Gasteiger charge is -2.41. The molecule has 0 spiro atoms. The standard InChI is InChI=1S/C20H31N3O4/c1-20(2,3)23(19(24)25)22-9-4-5-16(8-10-22)21-14-15-6-7-17-18(13-15)27-12-11-26-17/h6-7,13,16,21H,4-5,8-12,14H2,1-3H3,(H,24,25). The number of nitrogens with one attached hydrogen (secondary N) is 1. The topological polar surface area (TPSA) is 74.3 Å². The van der Waals surface area contributed by atoms with Crippen LogP contribution in [0.15, 0.2) is 18.2 Å². The molecule has 2 aliphatic heterocycles. The molecule has 7 nitrogen and oxygen atoms in total. The third-order valence-electron chi connectivity index (χ3n) is 5.01. The molecule has 0 radical (unpaired) electrons. The van der Waals surface area contributed by atoms with Crippen LogP contribution in [0.3, 0.4) is 0 Å². The summed E-state index contributed by atoms with van der Waals surface area (Å²) in [7, 11) is 0. The van der Waals surface area contributed by atoms with E-state index in [4.69, 9.17) is 9.47 Å². The summed E-state index contributed by atoms with van der Waals surface area (Å²) in [4.78, 5) is 11.7. The van der Waals surface area contributed by atoms with E-state index < -0.39 is 11.6 Å². The number of hydrogen-bond acceptors (Lipinski definition) is 5. The van der Waals surface area contributed by atoms with Crippen LogP contribution < -0.4 is 14.8 Å². The highest BCUT2D eigenvalue weighted by Gasteiger charge is 2.33. The van der Waals surface area contributed by atoms with Crippen molar-refractivity contribution < 1.29 is 19.4 Å². The second-order valence-electron chi connectivity index (χ2n) is 8.21. The minimum Gasteiger partial charge on any atom is -0.486 e. The van der Waals surface area contributed by atoms with Gasteiger partial charge in [-0.1, -0.05) is 6.07 Å². The molecule has 27 heavy (non-hydrogen) atoms. The molecule has 3 rings (SSSR count). The first kappa shape index (κ1) is 19.8. The van der Waals surface area contributed by atoms with E-state index in [0.29, 0.717) is 19.3 Å². The first-order chi connectivity index (χ1) is 12.8. The molecule has 2 heterocycles.